The average molecular weight is 369 g/mol. The predicted octanol–water partition coefficient (Wildman–Crippen LogP) is 3.12. The maximum absolute atomic E-state index is 13.7. The first-order valence-electron chi connectivity index (χ1n) is 9.71. The van der Waals surface area contributed by atoms with Crippen LogP contribution in [0.2, 0.25) is 0 Å². The van der Waals surface area contributed by atoms with Crippen LogP contribution in [-0.2, 0) is 13.0 Å². The summed E-state index contributed by atoms with van der Waals surface area (Å²) in [4.78, 5) is 11.5. The number of benzene rings is 1. The van der Waals surface area contributed by atoms with Crippen LogP contribution in [0.25, 0.3) is 0 Å². The van der Waals surface area contributed by atoms with Gasteiger partial charge in [-0.15, -0.1) is 0 Å². The van der Waals surface area contributed by atoms with E-state index in [0.29, 0.717) is 25.1 Å². The van der Waals surface area contributed by atoms with Crippen molar-refractivity contribution in [2.24, 2.45) is 4.99 Å². The van der Waals surface area contributed by atoms with Gasteiger partial charge in [-0.2, -0.15) is 0 Å². The first-order valence-corrected chi connectivity index (χ1v) is 9.71. The zero-order chi connectivity index (χ0) is 18.9. The van der Waals surface area contributed by atoms with E-state index in [1.165, 1.54) is 18.9 Å². The topological polar surface area (TPSA) is 52.6 Å². The van der Waals surface area contributed by atoms with Crippen LogP contribution in [0, 0.1) is 5.82 Å². The first-order chi connectivity index (χ1) is 13.3. The molecule has 2 N–H and O–H groups in total. The van der Waals surface area contributed by atoms with Crippen molar-refractivity contribution in [1.29, 1.82) is 0 Å². The molecule has 0 bridgehead atoms. The van der Waals surface area contributed by atoms with E-state index in [1.807, 2.05) is 25.3 Å². The molecule has 1 saturated heterocycles. The summed E-state index contributed by atoms with van der Waals surface area (Å²) in [7, 11) is 0. The Kier molecular flexibility index (Phi) is 7.02. The molecule has 6 heteroatoms. The molecule has 27 heavy (non-hydrogen) atoms. The highest BCUT2D eigenvalue weighted by Gasteiger charge is 2.12. The molecule has 5 nitrogen and oxygen atoms in total. The second-order valence-electron chi connectivity index (χ2n) is 6.68. The van der Waals surface area contributed by atoms with Crippen molar-refractivity contribution < 1.29 is 4.39 Å². The maximum Gasteiger partial charge on any atom is 0.191 e. The number of hydrogen-bond acceptors (Lipinski definition) is 3. The number of nitrogens with one attached hydrogen (secondary N) is 2. The van der Waals surface area contributed by atoms with Gasteiger partial charge in [0.1, 0.15) is 11.6 Å². The van der Waals surface area contributed by atoms with Crippen LogP contribution in [0.15, 0.2) is 47.6 Å². The minimum Gasteiger partial charge on any atom is -0.357 e. The van der Waals surface area contributed by atoms with E-state index in [0.717, 1.165) is 37.0 Å². The number of anilines is 1. The molecule has 0 unspecified atom stereocenters. The molecular formula is C21H28FN5. The largest absolute Gasteiger partial charge is 0.357 e. The highest BCUT2D eigenvalue weighted by molar-refractivity contribution is 5.79. The fourth-order valence-corrected chi connectivity index (χ4v) is 3.17. The summed E-state index contributed by atoms with van der Waals surface area (Å²) in [5.74, 6) is 1.62. The lowest BCUT2D eigenvalue weighted by Crippen LogP contribution is -2.38. The third-order valence-corrected chi connectivity index (χ3v) is 4.65. The van der Waals surface area contributed by atoms with Crippen molar-refractivity contribution in [2.75, 3.05) is 31.1 Å². The van der Waals surface area contributed by atoms with Gasteiger partial charge in [-0.1, -0.05) is 24.3 Å². The molecule has 1 aliphatic rings. The molecule has 2 aromatic rings. The Morgan fingerprint density at radius 3 is 2.67 bits per heavy atom. The number of aliphatic imine (C=N–C) groups is 1. The Morgan fingerprint density at radius 1 is 1.15 bits per heavy atom. The van der Waals surface area contributed by atoms with Crippen LogP contribution in [0.5, 0.6) is 0 Å². The van der Waals surface area contributed by atoms with Gasteiger partial charge in [0, 0.05) is 32.4 Å². The van der Waals surface area contributed by atoms with Gasteiger partial charge in [0.15, 0.2) is 5.96 Å². The van der Waals surface area contributed by atoms with Crippen LogP contribution in [0.3, 0.4) is 0 Å². The van der Waals surface area contributed by atoms with Crippen LogP contribution >= 0.6 is 0 Å². The van der Waals surface area contributed by atoms with E-state index in [-0.39, 0.29) is 5.82 Å². The standard InChI is InChI=1S/C21H28FN5/c1-2-23-21(24-12-11-18-7-3-4-8-19(18)22)26-16-17-9-10-20(25-15-17)27-13-5-6-14-27/h3-4,7-10,15H,2,5-6,11-14,16H2,1H3,(H2,23,24,26). The molecule has 0 radical (unpaired) electrons. The van der Waals surface area contributed by atoms with Crippen LogP contribution < -0.4 is 15.5 Å². The number of guanidine groups is 1. The lowest BCUT2D eigenvalue weighted by Gasteiger charge is -2.16. The molecular weight excluding hydrogens is 341 g/mol. The van der Waals surface area contributed by atoms with Gasteiger partial charge in [-0.3, -0.25) is 0 Å². The van der Waals surface area contributed by atoms with Gasteiger partial charge in [0.2, 0.25) is 0 Å². The molecule has 1 aromatic heterocycles. The number of pyridine rings is 1. The number of aromatic nitrogens is 1. The third kappa shape index (κ3) is 5.67. The van der Waals surface area contributed by atoms with Crippen molar-refractivity contribution in [3.8, 4) is 0 Å². The monoisotopic (exact) mass is 369 g/mol. The van der Waals surface area contributed by atoms with E-state index in [4.69, 9.17) is 0 Å². The van der Waals surface area contributed by atoms with Gasteiger partial charge < -0.3 is 15.5 Å². The quantitative estimate of drug-likeness (QED) is 0.582. The predicted molar refractivity (Wildman–Crippen MR) is 109 cm³/mol. The van der Waals surface area contributed by atoms with E-state index < -0.39 is 0 Å². The lowest BCUT2D eigenvalue weighted by molar-refractivity contribution is 0.606. The molecule has 0 amide bonds. The number of hydrogen-bond donors (Lipinski definition) is 2. The molecule has 144 valence electrons. The number of rotatable bonds is 7. The fourth-order valence-electron chi connectivity index (χ4n) is 3.17. The zero-order valence-electron chi connectivity index (χ0n) is 15.9. The summed E-state index contributed by atoms with van der Waals surface area (Å²) >= 11 is 0. The Morgan fingerprint density at radius 2 is 1.96 bits per heavy atom. The zero-order valence-corrected chi connectivity index (χ0v) is 15.9. The maximum atomic E-state index is 13.7. The summed E-state index contributed by atoms with van der Waals surface area (Å²) in [5, 5.41) is 6.49. The summed E-state index contributed by atoms with van der Waals surface area (Å²) < 4.78 is 13.7. The van der Waals surface area contributed by atoms with Crippen LogP contribution in [-0.4, -0.2) is 37.1 Å². The molecule has 1 aromatic carbocycles. The number of nitrogens with zero attached hydrogens (tertiary/aromatic N) is 3. The lowest BCUT2D eigenvalue weighted by atomic mass is 10.1. The molecule has 1 aliphatic heterocycles. The van der Waals surface area contributed by atoms with Crippen molar-refractivity contribution in [2.45, 2.75) is 32.7 Å². The van der Waals surface area contributed by atoms with E-state index in [1.54, 1.807) is 6.07 Å². The summed E-state index contributed by atoms with van der Waals surface area (Å²) in [6.07, 6.45) is 5.01. The van der Waals surface area contributed by atoms with Crippen LogP contribution in [0.4, 0.5) is 10.2 Å². The van der Waals surface area contributed by atoms with Gasteiger partial charge in [0.05, 0.1) is 6.54 Å². The number of halogens is 1. The highest BCUT2D eigenvalue weighted by atomic mass is 19.1. The summed E-state index contributed by atoms with van der Waals surface area (Å²) in [6.45, 7) is 6.18. The minimum atomic E-state index is -0.162. The van der Waals surface area contributed by atoms with Crippen molar-refractivity contribution >= 4 is 11.8 Å². The van der Waals surface area contributed by atoms with Gasteiger partial charge in [0.25, 0.3) is 0 Å². The van der Waals surface area contributed by atoms with Gasteiger partial charge in [-0.25, -0.2) is 14.4 Å². The molecule has 0 saturated carbocycles. The third-order valence-electron chi connectivity index (χ3n) is 4.65. The molecule has 3 rings (SSSR count). The van der Waals surface area contributed by atoms with Gasteiger partial charge in [-0.05, 0) is 49.4 Å². The molecule has 1 fully saturated rings. The Bertz CT molecular complexity index is 738. The molecule has 2 heterocycles. The normalized spacial score (nSPS) is 14.4. The highest BCUT2D eigenvalue weighted by Crippen LogP contribution is 2.17. The smallest absolute Gasteiger partial charge is 0.191 e. The average Bonchev–Trinajstić information content (AvgIpc) is 3.23. The first kappa shape index (κ1) is 19.1. The molecule has 0 aliphatic carbocycles. The summed E-state index contributed by atoms with van der Waals surface area (Å²) in [6, 6.07) is 11.0. The minimum absolute atomic E-state index is 0.162. The second-order valence-corrected chi connectivity index (χ2v) is 6.68. The fraction of sp³-hybridized carbons (Fsp3) is 0.429. The SMILES string of the molecule is CCNC(=NCc1ccc(N2CCCC2)nc1)NCCc1ccccc1F. The van der Waals surface area contributed by atoms with E-state index in [9.17, 15) is 4.39 Å². The summed E-state index contributed by atoms with van der Waals surface area (Å²) in [5.41, 5.74) is 1.78. The van der Waals surface area contributed by atoms with Crippen molar-refractivity contribution in [3.05, 3.63) is 59.5 Å². The van der Waals surface area contributed by atoms with Gasteiger partial charge >= 0.3 is 0 Å². The Balaban J connectivity index is 1.52. The van der Waals surface area contributed by atoms with E-state index >= 15 is 0 Å². The molecule has 0 spiro atoms. The van der Waals surface area contributed by atoms with Crippen molar-refractivity contribution in [1.82, 2.24) is 15.6 Å². The Hall–Kier alpha value is -2.63. The second kappa shape index (κ2) is 9.90. The Labute approximate surface area is 160 Å². The molecule has 0 atom stereocenters. The van der Waals surface area contributed by atoms with Crippen LogP contribution in [0.1, 0.15) is 30.9 Å². The van der Waals surface area contributed by atoms with E-state index in [2.05, 4.69) is 37.6 Å². The van der Waals surface area contributed by atoms with Crippen molar-refractivity contribution in [3.63, 3.8) is 0 Å².